The van der Waals surface area contributed by atoms with Crippen molar-refractivity contribution in [3.63, 3.8) is 0 Å². The van der Waals surface area contributed by atoms with E-state index in [2.05, 4.69) is 10.3 Å². The van der Waals surface area contributed by atoms with Crippen LogP contribution in [0.1, 0.15) is 52.8 Å². The van der Waals surface area contributed by atoms with Crippen molar-refractivity contribution >= 4 is 23.4 Å². The predicted octanol–water partition coefficient (Wildman–Crippen LogP) is 3.96. The van der Waals surface area contributed by atoms with Crippen molar-refractivity contribution in [2.45, 2.75) is 39.7 Å². The number of nitrogens with one attached hydrogen (secondary N) is 2. The molecule has 0 radical (unpaired) electrons. The number of H-pyrrole nitrogens is 1. The van der Waals surface area contributed by atoms with Crippen LogP contribution in [-0.2, 0) is 17.6 Å². The summed E-state index contributed by atoms with van der Waals surface area (Å²) in [5.74, 6) is -1.40. The number of carbonyl (C=O) groups is 2. The lowest BCUT2D eigenvalue weighted by molar-refractivity contribution is -0.110. The van der Waals surface area contributed by atoms with Crippen LogP contribution in [0.2, 0.25) is 0 Å². The van der Waals surface area contributed by atoms with Crippen molar-refractivity contribution in [3.8, 4) is 11.1 Å². The number of oxazole rings is 1. The van der Waals surface area contributed by atoms with Gasteiger partial charge in [-0.2, -0.15) is 0 Å². The molecule has 2 aromatic carbocycles. The van der Waals surface area contributed by atoms with Crippen LogP contribution in [0.15, 0.2) is 51.7 Å². The molecule has 2 heterocycles. The first-order valence-corrected chi connectivity index (χ1v) is 11.6. The Bertz CT molecular complexity index is 1490. The molecule has 0 bridgehead atoms. The molecule has 4 aromatic rings. The maximum Gasteiger partial charge on any atom is 0.417 e. The molecule has 36 heavy (non-hydrogen) atoms. The summed E-state index contributed by atoms with van der Waals surface area (Å²) in [4.78, 5) is 43.4. The fourth-order valence-corrected chi connectivity index (χ4v) is 4.52. The molecule has 1 atom stereocenters. The van der Waals surface area contributed by atoms with Gasteiger partial charge in [0, 0.05) is 5.56 Å². The summed E-state index contributed by atoms with van der Waals surface area (Å²) in [6.45, 7) is 5.82. The largest absolute Gasteiger partial charge is 0.417 e. The van der Waals surface area contributed by atoms with Gasteiger partial charge < -0.3 is 15.5 Å². The first-order chi connectivity index (χ1) is 17.2. The van der Waals surface area contributed by atoms with Gasteiger partial charge in [0.2, 0.25) is 6.41 Å². The molecular formula is C27H27FN4O4. The molecule has 0 aliphatic rings. The molecule has 9 heteroatoms. The van der Waals surface area contributed by atoms with E-state index in [-0.39, 0.29) is 17.3 Å². The minimum atomic E-state index is -0.628. The highest BCUT2D eigenvalue weighted by Crippen LogP contribution is 2.35. The second-order valence-electron chi connectivity index (χ2n) is 9.17. The van der Waals surface area contributed by atoms with Crippen LogP contribution in [0.3, 0.4) is 0 Å². The summed E-state index contributed by atoms with van der Waals surface area (Å²) in [6.07, 6.45) is 1.43. The molecule has 0 saturated carbocycles. The van der Waals surface area contributed by atoms with Gasteiger partial charge in [-0.25, -0.2) is 9.18 Å². The third kappa shape index (κ3) is 5.05. The first kappa shape index (κ1) is 24.8. The molecule has 186 valence electrons. The van der Waals surface area contributed by atoms with Crippen molar-refractivity contribution in [1.29, 1.82) is 0 Å². The van der Waals surface area contributed by atoms with E-state index < -0.39 is 17.7 Å². The fraction of sp³-hybridized carbons (Fsp3) is 0.259. The van der Waals surface area contributed by atoms with Crippen molar-refractivity contribution in [3.05, 3.63) is 86.9 Å². The van der Waals surface area contributed by atoms with Gasteiger partial charge in [0.1, 0.15) is 5.82 Å². The number of benzene rings is 2. The van der Waals surface area contributed by atoms with Crippen LogP contribution in [0.5, 0.6) is 0 Å². The Morgan fingerprint density at radius 2 is 1.92 bits per heavy atom. The number of aromatic amines is 1. The molecular weight excluding hydrogens is 463 g/mol. The van der Waals surface area contributed by atoms with E-state index in [1.807, 2.05) is 20.8 Å². The Hall–Kier alpha value is -4.27. The van der Waals surface area contributed by atoms with Crippen LogP contribution >= 0.6 is 0 Å². The van der Waals surface area contributed by atoms with E-state index in [1.54, 1.807) is 30.3 Å². The lowest BCUT2D eigenvalue weighted by Crippen LogP contribution is -2.27. The quantitative estimate of drug-likeness (QED) is 0.306. The maximum atomic E-state index is 13.4. The summed E-state index contributed by atoms with van der Waals surface area (Å²) < 4.78 is 18.7. The number of hydrogen-bond donors (Lipinski definition) is 3. The van der Waals surface area contributed by atoms with Crippen LogP contribution in [0, 0.1) is 18.7 Å². The molecule has 4 rings (SSSR count). The average Bonchev–Trinajstić information content (AvgIpc) is 3.19. The highest BCUT2D eigenvalue weighted by atomic mass is 19.1. The molecule has 0 fully saturated rings. The average molecular weight is 491 g/mol. The van der Waals surface area contributed by atoms with Gasteiger partial charge in [0.25, 0.3) is 5.91 Å². The summed E-state index contributed by atoms with van der Waals surface area (Å²) in [5, 5.41) is 2.83. The first-order valence-electron chi connectivity index (χ1n) is 11.6. The van der Waals surface area contributed by atoms with Gasteiger partial charge in [-0.1, -0.05) is 32.0 Å². The zero-order valence-electron chi connectivity index (χ0n) is 20.2. The molecule has 0 saturated heterocycles. The highest BCUT2D eigenvalue weighted by Gasteiger charge is 2.26. The Kier molecular flexibility index (Phi) is 7.00. The zero-order valence-corrected chi connectivity index (χ0v) is 20.2. The normalized spacial score (nSPS) is 12.1. The van der Waals surface area contributed by atoms with Crippen LogP contribution in [0.4, 0.5) is 4.39 Å². The molecule has 8 nitrogen and oxygen atoms in total. The zero-order chi connectivity index (χ0) is 26.0. The Balaban J connectivity index is 1.96. The van der Waals surface area contributed by atoms with Gasteiger partial charge >= 0.3 is 5.76 Å². The maximum absolute atomic E-state index is 13.4. The van der Waals surface area contributed by atoms with E-state index in [1.165, 1.54) is 12.1 Å². The van der Waals surface area contributed by atoms with E-state index in [0.29, 0.717) is 58.4 Å². The van der Waals surface area contributed by atoms with Gasteiger partial charge in [-0.3, -0.25) is 19.6 Å². The van der Waals surface area contributed by atoms with Crippen molar-refractivity contribution < 1.29 is 18.4 Å². The Morgan fingerprint density at radius 1 is 1.19 bits per heavy atom. The number of halogens is 1. The number of nitrogens with zero attached hydrogens (tertiary/aromatic N) is 1. The number of nitrogens with two attached hydrogens (primary N) is 1. The third-order valence-corrected chi connectivity index (χ3v) is 6.06. The number of amides is 2. The van der Waals surface area contributed by atoms with Crippen molar-refractivity contribution in [2.24, 2.45) is 11.7 Å². The standard InChI is InChI=1S/C27H27FN4O4/c1-14(2)10-20-24(26(29)34)23(17-6-9-19-22(12-17)36-27(35)32-19)15(3)25(31-20)21(30-13-33)11-16-4-7-18(28)8-5-16/h4-9,12-14,21H,10-11H2,1-3H3,(H2,29,34)(H,30,33)(H,32,35). The van der Waals surface area contributed by atoms with Gasteiger partial charge in [-0.15, -0.1) is 0 Å². The third-order valence-electron chi connectivity index (χ3n) is 6.06. The molecule has 1 unspecified atom stereocenters. The highest BCUT2D eigenvalue weighted by molar-refractivity contribution is 6.02. The van der Waals surface area contributed by atoms with Crippen LogP contribution in [-0.4, -0.2) is 22.3 Å². The van der Waals surface area contributed by atoms with Crippen molar-refractivity contribution in [2.75, 3.05) is 0 Å². The summed E-state index contributed by atoms with van der Waals surface area (Å²) in [7, 11) is 0. The minimum Gasteiger partial charge on any atom is -0.408 e. The number of primary amides is 1. The van der Waals surface area contributed by atoms with Gasteiger partial charge in [0.15, 0.2) is 5.58 Å². The molecule has 0 spiro atoms. The van der Waals surface area contributed by atoms with Crippen LogP contribution < -0.4 is 16.8 Å². The lowest BCUT2D eigenvalue weighted by atomic mass is 9.87. The second kappa shape index (κ2) is 10.2. The van der Waals surface area contributed by atoms with Gasteiger partial charge in [-0.05, 0) is 66.6 Å². The van der Waals surface area contributed by atoms with Crippen LogP contribution in [0.25, 0.3) is 22.2 Å². The fourth-order valence-electron chi connectivity index (χ4n) is 4.52. The second-order valence-corrected chi connectivity index (χ2v) is 9.17. The monoisotopic (exact) mass is 490 g/mol. The number of pyridine rings is 1. The number of hydrogen-bond acceptors (Lipinski definition) is 5. The summed E-state index contributed by atoms with van der Waals surface area (Å²) >= 11 is 0. The Labute approximate surface area is 206 Å². The lowest BCUT2D eigenvalue weighted by Gasteiger charge is -2.24. The Morgan fingerprint density at radius 3 is 2.56 bits per heavy atom. The number of rotatable bonds is 9. The molecule has 2 amide bonds. The smallest absolute Gasteiger partial charge is 0.408 e. The topological polar surface area (TPSA) is 131 Å². The molecule has 2 aromatic heterocycles. The number of fused-ring (bicyclic) bond motifs is 1. The van der Waals surface area contributed by atoms with E-state index in [4.69, 9.17) is 15.1 Å². The SMILES string of the molecule is Cc1c(C(Cc2ccc(F)cc2)NC=O)nc(CC(C)C)c(C(N)=O)c1-c1ccc2[nH]c(=O)oc2c1. The summed E-state index contributed by atoms with van der Waals surface area (Å²) in [5.41, 5.74) is 10.7. The minimum absolute atomic E-state index is 0.166. The molecule has 0 aliphatic heterocycles. The number of carbonyl (C=O) groups excluding carboxylic acids is 2. The molecule has 4 N–H and O–H groups in total. The number of aromatic nitrogens is 2. The van der Waals surface area contributed by atoms with Crippen molar-refractivity contribution in [1.82, 2.24) is 15.3 Å². The van der Waals surface area contributed by atoms with E-state index in [0.717, 1.165) is 5.56 Å². The van der Waals surface area contributed by atoms with Gasteiger partial charge in [0.05, 0.1) is 28.5 Å². The van der Waals surface area contributed by atoms with E-state index in [9.17, 15) is 18.8 Å². The van der Waals surface area contributed by atoms with E-state index >= 15 is 0 Å². The molecule has 0 aliphatic carbocycles. The predicted molar refractivity (Wildman–Crippen MR) is 134 cm³/mol. The summed E-state index contributed by atoms with van der Waals surface area (Å²) in [6, 6.07) is 10.6.